The van der Waals surface area contributed by atoms with Gasteiger partial charge in [0.1, 0.15) is 0 Å². The van der Waals surface area contributed by atoms with Gasteiger partial charge in [-0.15, -0.1) is 0 Å². The third-order valence-electron chi connectivity index (χ3n) is 5.14. The van der Waals surface area contributed by atoms with Crippen molar-refractivity contribution < 1.29 is 23.7 Å². The van der Waals surface area contributed by atoms with Crippen LogP contribution in [0.25, 0.3) is 0 Å². The van der Waals surface area contributed by atoms with Crippen molar-refractivity contribution in [1.82, 2.24) is 4.67 Å². The molecule has 0 saturated carbocycles. The molecular formula is C24H42NO5P. The summed E-state index contributed by atoms with van der Waals surface area (Å²) in [5, 5.41) is 9.26. The molecule has 6 nitrogen and oxygen atoms in total. The summed E-state index contributed by atoms with van der Waals surface area (Å²) >= 11 is 0. The summed E-state index contributed by atoms with van der Waals surface area (Å²) in [6.07, 6.45) is 1.16. The normalized spacial score (nSPS) is 13.9. The van der Waals surface area contributed by atoms with E-state index in [0.29, 0.717) is 44.7 Å². The molecule has 1 atom stereocenters. The highest BCUT2D eigenvalue weighted by Crippen LogP contribution is 2.47. The zero-order valence-corrected chi connectivity index (χ0v) is 21.4. The lowest BCUT2D eigenvalue weighted by atomic mass is 9.90. The molecule has 0 aliphatic rings. The molecule has 1 unspecified atom stereocenters. The molecule has 0 aromatic heterocycles. The van der Waals surface area contributed by atoms with E-state index in [0.717, 1.165) is 5.56 Å². The smallest absolute Gasteiger partial charge is 0.309 e. The Bertz CT molecular complexity index is 641. The Morgan fingerprint density at radius 3 is 2.06 bits per heavy atom. The zero-order valence-electron chi connectivity index (χ0n) is 20.6. The first-order chi connectivity index (χ1) is 14.4. The van der Waals surface area contributed by atoms with Crippen LogP contribution in [-0.2, 0) is 25.2 Å². The molecule has 0 saturated heterocycles. The van der Waals surface area contributed by atoms with E-state index in [1.54, 1.807) is 13.8 Å². The number of ether oxygens (including phenoxy) is 1. The topological polar surface area (TPSA) is 68.2 Å². The molecule has 31 heavy (non-hydrogen) atoms. The van der Waals surface area contributed by atoms with Gasteiger partial charge in [0.25, 0.3) is 8.53 Å². The Labute approximate surface area is 190 Å². The second-order valence-corrected chi connectivity index (χ2v) is 11.1. The standard InChI is InChI=1S/C24H42NO5P/c1-19(2)25(20(3)4)31(30-18-21-12-10-9-11-13-21)29-17-15-24(7,8)28-16-14-23(5,6)22(26)27/h9-13,19-20H,14-18H2,1-8H3,(H,26,27). The molecule has 1 rings (SSSR count). The molecule has 7 heteroatoms. The fraction of sp³-hybridized carbons (Fsp3) is 0.708. The molecule has 0 bridgehead atoms. The molecule has 0 radical (unpaired) electrons. The maximum Gasteiger partial charge on any atom is 0.309 e. The van der Waals surface area contributed by atoms with Crippen LogP contribution >= 0.6 is 8.53 Å². The third-order valence-corrected chi connectivity index (χ3v) is 7.19. The van der Waals surface area contributed by atoms with Crippen LogP contribution in [0.5, 0.6) is 0 Å². The van der Waals surface area contributed by atoms with Crippen LogP contribution in [0.1, 0.15) is 73.8 Å². The van der Waals surface area contributed by atoms with Crippen LogP contribution in [0.4, 0.5) is 0 Å². The first kappa shape index (κ1) is 28.0. The van der Waals surface area contributed by atoms with E-state index in [1.807, 2.05) is 32.0 Å². The Balaban J connectivity index is 2.64. The predicted octanol–water partition coefficient (Wildman–Crippen LogP) is 6.25. The molecule has 0 fully saturated rings. The molecule has 0 spiro atoms. The summed E-state index contributed by atoms with van der Waals surface area (Å²) in [6.45, 7) is 17.5. The highest BCUT2D eigenvalue weighted by molar-refractivity contribution is 7.44. The lowest BCUT2D eigenvalue weighted by Gasteiger charge is -2.36. The van der Waals surface area contributed by atoms with Gasteiger partial charge >= 0.3 is 5.97 Å². The quantitative estimate of drug-likeness (QED) is 0.315. The summed E-state index contributed by atoms with van der Waals surface area (Å²) in [5.74, 6) is -0.805. The van der Waals surface area contributed by atoms with Gasteiger partial charge in [-0.2, -0.15) is 0 Å². The van der Waals surface area contributed by atoms with Crippen molar-refractivity contribution in [3.05, 3.63) is 35.9 Å². The number of nitrogens with zero attached hydrogens (tertiary/aromatic N) is 1. The molecule has 1 aromatic rings. The average molecular weight is 456 g/mol. The summed E-state index contributed by atoms with van der Waals surface area (Å²) in [6, 6.07) is 10.7. The Hall–Kier alpha value is -1.04. The van der Waals surface area contributed by atoms with Crippen molar-refractivity contribution in [2.24, 2.45) is 5.41 Å². The van der Waals surface area contributed by atoms with Crippen molar-refractivity contribution in [2.45, 2.75) is 92.5 Å². The van der Waals surface area contributed by atoms with Crippen LogP contribution in [0.2, 0.25) is 0 Å². The van der Waals surface area contributed by atoms with Crippen molar-refractivity contribution in [1.29, 1.82) is 0 Å². The second kappa shape index (κ2) is 12.9. The largest absolute Gasteiger partial charge is 0.481 e. The van der Waals surface area contributed by atoms with Gasteiger partial charge in [0, 0.05) is 18.7 Å². The maximum absolute atomic E-state index is 11.3. The fourth-order valence-electron chi connectivity index (χ4n) is 2.98. The zero-order chi connectivity index (χ0) is 23.7. The molecule has 1 N–H and O–H groups in total. The van der Waals surface area contributed by atoms with Gasteiger partial charge in [-0.1, -0.05) is 30.3 Å². The number of rotatable bonds is 15. The minimum Gasteiger partial charge on any atom is -0.481 e. The van der Waals surface area contributed by atoms with Gasteiger partial charge in [0.05, 0.1) is 24.2 Å². The summed E-state index contributed by atoms with van der Waals surface area (Å²) in [4.78, 5) is 11.3. The molecule has 178 valence electrons. The molecule has 0 aliphatic carbocycles. The van der Waals surface area contributed by atoms with Crippen LogP contribution in [-0.4, -0.2) is 46.6 Å². The van der Waals surface area contributed by atoms with Crippen molar-refractivity contribution in [3.8, 4) is 0 Å². The molecule has 0 heterocycles. The maximum atomic E-state index is 11.3. The van der Waals surface area contributed by atoms with E-state index >= 15 is 0 Å². The summed E-state index contributed by atoms with van der Waals surface area (Å²) in [5.41, 5.74) is -0.0766. The van der Waals surface area contributed by atoms with Crippen LogP contribution in [0.15, 0.2) is 30.3 Å². The SMILES string of the molecule is CC(C)N(C(C)C)P(OCCC(C)(C)OCCC(C)(C)C(=O)O)OCc1ccccc1. The average Bonchev–Trinajstić information content (AvgIpc) is 2.65. The number of carboxylic acids is 1. The minimum absolute atomic E-state index is 0.296. The number of benzene rings is 1. The highest BCUT2D eigenvalue weighted by atomic mass is 31.2. The predicted molar refractivity (Wildman–Crippen MR) is 127 cm³/mol. The van der Waals surface area contributed by atoms with E-state index in [4.69, 9.17) is 13.8 Å². The van der Waals surface area contributed by atoms with Gasteiger partial charge in [-0.25, -0.2) is 4.67 Å². The number of carbonyl (C=O) groups is 1. The van der Waals surface area contributed by atoms with Gasteiger partial charge in [0.15, 0.2) is 0 Å². The molecule has 1 aromatic carbocycles. The number of hydrogen-bond acceptors (Lipinski definition) is 5. The van der Waals surface area contributed by atoms with E-state index in [9.17, 15) is 9.90 Å². The van der Waals surface area contributed by atoms with Crippen LogP contribution in [0.3, 0.4) is 0 Å². The molecule has 0 amide bonds. The lowest BCUT2D eigenvalue weighted by molar-refractivity contribution is -0.149. The van der Waals surface area contributed by atoms with Crippen molar-refractivity contribution >= 4 is 14.5 Å². The highest BCUT2D eigenvalue weighted by Gasteiger charge is 2.30. The van der Waals surface area contributed by atoms with Crippen molar-refractivity contribution in [2.75, 3.05) is 13.2 Å². The van der Waals surface area contributed by atoms with Gasteiger partial charge in [-0.05, 0) is 73.8 Å². The van der Waals surface area contributed by atoms with Gasteiger partial charge in [0.2, 0.25) is 0 Å². The lowest BCUT2D eigenvalue weighted by Crippen LogP contribution is -2.34. The number of aliphatic carboxylic acids is 1. The van der Waals surface area contributed by atoms with Crippen LogP contribution in [0, 0.1) is 5.41 Å². The fourth-order valence-corrected chi connectivity index (χ4v) is 4.58. The van der Waals surface area contributed by atoms with E-state index in [2.05, 4.69) is 44.5 Å². The Kier molecular flexibility index (Phi) is 11.6. The summed E-state index contributed by atoms with van der Waals surface area (Å²) in [7, 11) is -1.22. The number of carboxylic acid groups (broad SMARTS) is 1. The first-order valence-electron chi connectivity index (χ1n) is 11.1. The van der Waals surface area contributed by atoms with Crippen molar-refractivity contribution in [3.63, 3.8) is 0 Å². The molecule has 0 aliphatic heterocycles. The van der Waals surface area contributed by atoms with E-state index < -0.39 is 25.5 Å². The van der Waals surface area contributed by atoms with Crippen LogP contribution < -0.4 is 0 Å². The Morgan fingerprint density at radius 2 is 1.55 bits per heavy atom. The number of hydrogen-bond donors (Lipinski definition) is 1. The van der Waals surface area contributed by atoms with E-state index in [1.165, 1.54) is 0 Å². The molecular weight excluding hydrogens is 413 g/mol. The Morgan fingerprint density at radius 1 is 0.968 bits per heavy atom. The van der Waals surface area contributed by atoms with Gasteiger partial charge in [-0.3, -0.25) is 4.79 Å². The minimum atomic E-state index is -1.22. The monoisotopic (exact) mass is 455 g/mol. The second-order valence-electron chi connectivity index (χ2n) is 9.69. The van der Waals surface area contributed by atoms with E-state index in [-0.39, 0.29) is 0 Å². The third kappa shape index (κ3) is 10.4. The van der Waals surface area contributed by atoms with Gasteiger partial charge < -0.3 is 18.9 Å². The first-order valence-corrected chi connectivity index (χ1v) is 12.2. The summed E-state index contributed by atoms with van der Waals surface area (Å²) < 4.78 is 20.8.